The highest BCUT2D eigenvalue weighted by Crippen LogP contribution is 2.38. The van der Waals surface area contributed by atoms with Gasteiger partial charge in [0.1, 0.15) is 5.75 Å². The molecule has 0 radical (unpaired) electrons. The molecule has 2 aliphatic rings. The molecule has 0 aliphatic carbocycles. The maximum absolute atomic E-state index is 13.4. The first-order valence-corrected chi connectivity index (χ1v) is 14.0. The summed E-state index contributed by atoms with van der Waals surface area (Å²) in [5, 5.41) is 0. The average Bonchev–Trinajstić information content (AvgIpc) is 2.84. The topological polar surface area (TPSA) is 37.3 Å². The van der Waals surface area contributed by atoms with Gasteiger partial charge < -0.3 is 9.47 Å². The molecule has 3 rings (SSSR count). The van der Waals surface area contributed by atoms with Crippen LogP contribution in [0.5, 0.6) is 5.75 Å². The monoisotopic (exact) mass is 519 g/mol. The van der Waals surface area contributed by atoms with Crippen molar-refractivity contribution >= 4 is 6.72 Å². The lowest BCUT2D eigenvalue weighted by atomic mass is 9.86. The van der Waals surface area contributed by atoms with Crippen LogP contribution in [0.15, 0.2) is 35.0 Å². The summed E-state index contributed by atoms with van der Waals surface area (Å²) in [7, 11) is 0. The van der Waals surface area contributed by atoms with Gasteiger partial charge in [0.15, 0.2) is 0 Å². The first kappa shape index (κ1) is 29.7. The first-order valence-electron chi connectivity index (χ1n) is 14.0. The quantitative estimate of drug-likeness (QED) is 0.284. The highest BCUT2D eigenvalue weighted by molar-refractivity contribution is 5.37. The molecule has 0 N–H and O–H groups in total. The van der Waals surface area contributed by atoms with Gasteiger partial charge in [0.25, 0.3) is 6.43 Å². The van der Waals surface area contributed by atoms with Gasteiger partial charge in [-0.3, -0.25) is 14.8 Å². The lowest BCUT2D eigenvalue weighted by Crippen LogP contribution is -2.60. The number of piperidine rings is 1. The second-order valence-electron chi connectivity index (χ2n) is 11.0. The van der Waals surface area contributed by atoms with E-state index < -0.39 is 6.43 Å². The van der Waals surface area contributed by atoms with E-state index in [1.165, 1.54) is 11.1 Å². The number of hydrogen-bond acceptors (Lipinski definition) is 5. The minimum atomic E-state index is -2.33. The Labute approximate surface area is 222 Å². The number of halogens is 2. The summed E-state index contributed by atoms with van der Waals surface area (Å²) in [5.41, 5.74) is 3.33. The summed E-state index contributed by atoms with van der Waals surface area (Å²) in [6.45, 7) is 16.9. The predicted molar refractivity (Wildman–Crippen MR) is 148 cm³/mol. The number of aliphatic imine (C=N–C) groups is 1. The molecule has 1 aromatic carbocycles. The van der Waals surface area contributed by atoms with Crippen molar-refractivity contribution in [2.75, 3.05) is 32.7 Å². The van der Waals surface area contributed by atoms with Crippen LogP contribution in [0, 0.1) is 6.92 Å². The van der Waals surface area contributed by atoms with Crippen molar-refractivity contribution in [1.29, 1.82) is 0 Å². The summed E-state index contributed by atoms with van der Waals surface area (Å²) in [5.74, 6) is 0.942. The van der Waals surface area contributed by atoms with Crippen molar-refractivity contribution in [2.24, 2.45) is 4.99 Å². The van der Waals surface area contributed by atoms with E-state index in [1.807, 2.05) is 24.9 Å². The van der Waals surface area contributed by atoms with Gasteiger partial charge in [-0.05, 0) is 83.2 Å². The van der Waals surface area contributed by atoms with Crippen LogP contribution >= 0.6 is 0 Å². The molecule has 37 heavy (non-hydrogen) atoms. The Morgan fingerprint density at radius 3 is 2.57 bits per heavy atom. The highest BCUT2D eigenvalue weighted by Gasteiger charge is 2.44. The molecule has 1 spiro atoms. The second kappa shape index (κ2) is 13.8. The van der Waals surface area contributed by atoms with Crippen LogP contribution in [0.4, 0.5) is 8.78 Å². The highest BCUT2D eigenvalue weighted by atomic mass is 19.3. The van der Waals surface area contributed by atoms with Gasteiger partial charge in [0.05, 0.1) is 24.4 Å². The van der Waals surface area contributed by atoms with Gasteiger partial charge in [0, 0.05) is 38.4 Å². The van der Waals surface area contributed by atoms with Crippen LogP contribution in [0.3, 0.4) is 0 Å². The smallest absolute Gasteiger partial charge is 0.251 e. The number of allylic oxidation sites excluding steroid dienone is 1. The summed E-state index contributed by atoms with van der Waals surface area (Å²) in [4.78, 5) is 8.39. The SMILES string of the molecule is C=N/C=C(/CC)CCC1CN(CC(F)F)CC2(CCN(C(CC)c3ccc(OC(C)C)c(C)c3)CC2)O1. The third kappa shape index (κ3) is 8.33. The van der Waals surface area contributed by atoms with Crippen LogP contribution in [0.1, 0.15) is 83.4 Å². The molecular weight excluding hydrogens is 472 g/mol. The van der Waals surface area contributed by atoms with Crippen LogP contribution in [-0.4, -0.2) is 73.5 Å². The first-order chi connectivity index (χ1) is 17.7. The molecule has 0 bridgehead atoms. The van der Waals surface area contributed by atoms with Gasteiger partial charge >= 0.3 is 0 Å². The number of rotatable bonds is 12. The minimum absolute atomic E-state index is 0.0445. The molecule has 208 valence electrons. The number of benzene rings is 1. The summed E-state index contributed by atoms with van der Waals surface area (Å²) in [6.07, 6.45) is 4.92. The Balaban J connectivity index is 1.68. The Bertz CT molecular complexity index is 897. The number of ether oxygens (including phenoxy) is 2. The Kier molecular flexibility index (Phi) is 11.1. The van der Waals surface area contributed by atoms with E-state index >= 15 is 0 Å². The molecule has 2 unspecified atom stereocenters. The molecule has 7 heteroatoms. The van der Waals surface area contributed by atoms with Crippen molar-refractivity contribution in [3.63, 3.8) is 0 Å². The molecule has 2 aliphatic heterocycles. The van der Waals surface area contributed by atoms with Gasteiger partial charge in [-0.2, -0.15) is 0 Å². The third-order valence-electron chi connectivity index (χ3n) is 7.79. The molecule has 2 heterocycles. The lowest BCUT2D eigenvalue weighted by Gasteiger charge is -2.51. The van der Waals surface area contributed by atoms with Crippen molar-refractivity contribution < 1.29 is 18.3 Å². The van der Waals surface area contributed by atoms with Crippen molar-refractivity contribution in [3.05, 3.63) is 41.1 Å². The number of morpholine rings is 1. The van der Waals surface area contributed by atoms with Crippen molar-refractivity contribution in [3.8, 4) is 5.75 Å². The molecular formula is C30H47F2N3O2. The van der Waals surface area contributed by atoms with E-state index in [-0.39, 0.29) is 24.4 Å². The second-order valence-corrected chi connectivity index (χ2v) is 11.0. The largest absolute Gasteiger partial charge is 0.491 e. The van der Waals surface area contributed by atoms with Crippen LogP contribution < -0.4 is 4.74 Å². The normalized spacial score (nSPS) is 22.1. The Hall–Kier alpha value is -1.83. The van der Waals surface area contributed by atoms with Crippen LogP contribution in [0.25, 0.3) is 0 Å². The third-order valence-corrected chi connectivity index (χ3v) is 7.79. The van der Waals surface area contributed by atoms with E-state index in [0.717, 1.165) is 62.9 Å². The van der Waals surface area contributed by atoms with Gasteiger partial charge in [-0.15, -0.1) is 0 Å². The van der Waals surface area contributed by atoms with Gasteiger partial charge in [-0.25, -0.2) is 8.78 Å². The van der Waals surface area contributed by atoms with E-state index in [1.54, 1.807) is 0 Å². The maximum atomic E-state index is 13.4. The number of likely N-dealkylation sites (tertiary alicyclic amines) is 1. The van der Waals surface area contributed by atoms with E-state index in [0.29, 0.717) is 19.1 Å². The molecule has 1 aromatic rings. The summed E-state index contributed by atoms with van der Waals surface area (Å²) < 4.78 is 39.4. The van der Waals surface area contributed by atoms with Gasteiger partial charge in [-0.1, -0.05) is 31.6 Å². The molecule has 2 fully saturated rings. The number of hydrogen-bond donors (Lipinski definition) is 0. The van der Waals surface area contributed by atoms with E-state index in [2.05, 4.69) is 55.6 Å². The number of nitrogens with zero attached hydrogens (tertiary/aromatic N) is 3. The molecule has 2 saturated heterocycles. The standard InChI is InChI=1S/C30H47F2N3O2/c1-7-24(18-33-6)9-11-26-19-34(20-29(31)32)21-30(37-26)13-15-35(16-14-30)27(8-2)25-10-12-28(23(5)17-25)36-22(3)4/h10,12,17-18,22,26-27,29H,6-9,11,13-16,19-21H2,1-5H3/b24-18-. The maximum Gasteiger partial charge on any atom is 0.251 e. The van der Waals surface area contributed by atoms with Gasteiger partial charge in [0.2, 0.25) is 0 Å². The predicted octanol–water partition coefficient (Wildman–Crippen LogP) is 6.81. The fourth-order valence-corrected chi connectivity index (χ4v) is 5.97. The Morgan fingerprint density at radius 1 is 1.27 bits per heavy atom. The Morgan fingerprint density at radius 2 is 2.00 bits per heavy atom. The van der Waals surface area contributed by atoms with Crippen molar-refractivity contribution in [1.82, 2.24) is 9.80 Å². The molecule has 0 saturated carbocycles. The summed E-state index contributed by atoms with van der Waals surface area (Å²) >= 11 is 0. The molecule has 5 nitrogen and oxygen atoms in total. The lowest BCUT2D eigenvalue weighted by molar-refractivity contribution is -0.183. The van der Waals surface area contributed by atoms with E-state index in [4.69, 9.17) is 9.47 Å². The number of alkyl halides is 2. The molecule has 0 amide bonds. The average molecular weight is 520 g/mol. The molecule has 2 atom stereocenters. The zero-order valence-electron chi connectivity index (χ0n) is 23.5. The summed E-state index contributed by atoms with van der Waals surface area (Å²) in [6, 6.07) is 6.86. The van der Waals surface area contributed by atoms with Crippen LogP contribution in [-0.2, 0) is 4.74 Å². The zero-order chi connectivity index (χ0) is 27.0. The van der Waals surface area contributed by atoms with E-state index in [9.17, 15) is 8.78 Å². The van der Waals surface area contributed by atoms with Crippen LogP contribution in [0.2, 0.25) is 0 Å². The molecule has 0 aromatic heterocycles. The minimum Gasteiger partial charge on any atom is -0.491 e. The zero-order valence-corrected chi connectivity index (χ0v) is 23.5. The number of aryl methyl sites for hydroxylation is 1. The fraction of sp³-hybridized carbons (Fsp3) is 0.700. The van der Waals surface area contributed by atoms with Crippen molar-refractivity contribution in [2.45, 2.75) is 103 Å². The fourth-order valence-electron chi connectivity index (χ4n) is 5.97.